The first-order valence-electron chi connectivity index (χ1n) is 6.28. The molecule has 0 aliphatic carbocycles. The van der Waals surface area contributed by atoms with Crippen LogP contribution < -0.4 is 14.8 Å². The molecule has 3 rings (SSSR count). The summed E-state index contributed by atoms with van der Waals surface area (Å²) in [6.07, 6.45) is 0. The van der Waals surface area contributed by atoms with Gasteiger partial charge in [-0.1, -0.05) is 0 Å². The maximum atomic E-state index is 12.5. The second-order valence-electron chi connectivity index (χ2n) is 4.46. The topological polar surface area (TPSA) is 67.9 Å². The second kappa shape index (κ2) is 6.17. The van der Waals surface area contributed by atoms with Crippen LogP contribution in [0, 0.1) is 0 Å². The predicted molar refractivity (Wildman–Crippen MR) is 76.3 cm³/mol. The van der Waals surface area contributed by atoms with E-state index >= 15 is 0 Å². The van der Waals surface area contributed by atoms with Crippen LogP contribution in [-0.4, -0.2) is 52.1 Å². The first-order valence-corrected chi connectivity index (χ1v) is 7.72. The number of rotatable bonds is 2. The van der Waals surface area contributed by atoms with Crippen molar-refractivity contribution in [2.75, 3.05) is 39.4 Å². The molecular formula is C12H17ClN2O4S. The van der Waals surface area contributed by atoms with Crippen LogP contribution in [0.5, 0.6) is 11.5 Å². The van der Waals surface area contributed by atoms with Crippen molar-refractivity contribution in [2.45, 2.75) is 4.90 Å². The van der Waals surface area contributed by atoms with Gasteiger partial charge >= 0.3 is 0 Å². The molecule has 0 radical (unpaired) electrons. The van der Waals surface area contributed by atoms with E-state index in [-0.39, 0.29) is 17.3 Å². The molecule has 2 aliphatic heterocycles. The van der Waals surface area contributed by atoms with Gasteiger partial charge in [-0.25, -0.2) is 8.42 Å². The summed E-state index contributed by atoms with van der Waals surface area (Å²) in [5, 5.41) is 3.14. The van der Waals surface area contributed by atoms with Crippen LogP contribution in [0.4, 0.5) is 0 Å². The van der Waals surface area contributed by atoms with Crippen molar-refractivity contribution in [3.63, 3.8) is 0 Å². The third-order valence-electron chi connectivity index (χ3n) is 3.23. The molecule has 2 aliphatic rings. The molecule has 0 unspecified atom stereocenters. The second-order valence-corrected chi connectivity index (χ2v) is 6.40. The van der Waals surface area contributed by atoms with Gasteiger partial charge in [-0.15, -0.1) is 12.4 Å². The van der Waals surface area contributed by atoms with E-state index in [1.807, 2.05) is 0 Å². The summed E-state index contributed by atoms with van der Waals surface area (Å²) in [6, 6.07) is 4.78. The van der Waals surface area contributed by atoms with Crippen molar-refractivity contribution in [1.29, 1.82) is 0 Å². The van der Waals surface area contributed by atoms with Crippen molar-refractivity contribution in [1.82, 2.24) is 9.62 Å². The van der Waals surface area contributed by atoms with Gasteiger partial charge in [-0.05, 0) is 12.1 Å². The first-order chi connectivity index (χ1) is 9.18. The molecule has 0 atom stereocenters. The lowest BCUT2D eigenvalue weighted by atomic mass is 10.3. The highest BCUT2D eigenvalue weighted by molar-refractivity contribution is 7.89. The van der Waals surface area contributed by atoms with Crippen LogP contribution in [0.25, 0.3) is 0 Å². The molecule has 0 spiro atoms. The highest BCUT2D eigenvalue weighted by atomic mass is 35.5. The fourth-order valence-corrected chi connectivity index (χ4v) is 3.68. The van der Waals surface area contributed by atoms with Gasteiger partial charge in [0.1, 0.15) is 13.2 Å². The van der Waals surface area contributed by atoms with Crippen LogP contribution in [-0.2, 0) is 10.0 Å². The maximum absolute atomic E-state index is 12.5. The number of fused-ring (bicyclic) bond motifs is 1. The molecule has 1 aromatic carbocycles. The molecule has 8 heteroatoms. The highest BCUT2D eigenvalue weighted by Crippen LogP contribution is 2.33. The average Bonchev–Trinajstić information content (AvgIpc) is 2.47. The number of hydrogen-bond acceptors (Lipinski definition) is 5. The quantitative estimate of drug-likeness (QED) is 0.858. The Morgan fingerprint density at radius 2 is 1.70 bits per heavy atom. The Balaban J connectivity index is 0.00000147. The van der Waals surface area contributed by atoms with E-state index in [0.717, 1.165) is 0 Å². The molecule has 6 nitrogen and oxygen atoms in total. The average molecular weight is 321 g/mol. The molecule has 2 heterocycles. The standard InChI is InChI=1S/C12H16N2O4S.ClH/c15-19(16,14-5-3-13-4-6-14)10-1-2-11-12(9-10)18-8-7-17-11;/h1-2,9,13H,3-8H2;1H. The first kappa shape index (κ1) is 15.4. The SMILES string of the molecule is Cl.O=S(=O)(c1ccc2c(c1)OCCO2)N1CCNCC1. The third kappa shape index (κ3) is 2.85. The Hall–Kier alpha value is -1.02. The molecule has 0 amide bonds. The van der Waals surface area contributed by atoms with Crippen molar-refractivity contribution < 1.29 is 17.9 Å². The summed E-state index contributed by atoms with van der Waals surface area (Å²) in [4.78, 5) is 0.263. The van der Waals surface area contributed by atoms with Gasteiger partial charge in [0.05, 0.1) is 4.90 Å². The summed E-state index contributed by atoms with van der Waals surface area (Å²) in [5.41, 5.74) is 0. The van der Waals surface area contributed by atoms with Gasteiger partial charge in [-0.2, -0.15) is 4.31 Å². The van der Waals surface area contributed by atoms with E-state index in [9.17, 15) is 8.42 Å². The normalized spacial score (nSPS) is 19.2. The molecule has 20 heavy (non-hydrogen) atoms. The number of sulfonamides is 1. The minimum absolute atomic E-state index is 0. The zero-order valence-electron chi connectivity index (χ0n) is 10.9. The number of piperazine rings is 1. The summed E-state index contributed by atoms with van der Waals surface area (Å²) >= 11 is 0. The minimum atomic E-state index is -3.44. The summed E-state index contributed by atoms with van der Waals surface area (Å²) in [5.74, 6) is 1.10. The Kier molecular flexibility index (Phi) is 4.74. The van der Waals surface area contributed by atoms with E-state index in [1.54, 1.807) is 18.2 Å². The number of ether oxygens (including phenoxy) is 2. The van der Waals surface area contributed by atoms with Gasteiger partial charge in [0.25, 0.3) is 0 Å². The van der Waals surface area contributed by atoms with Crippen LogP contribution in [0.15, 0.2) is 23.1 Å². The van der Waals surface area contributed by atoms with Crippen LogP contribution in [0.1, 0.15) is 0 Å². The molecule has 112 valence electrons. The Bertz CT molecular complexity index is 573. The summed E-state index contributed by atoms with van der Waals surface area (Å²) in [6.45, 7) is 3.31. The van der Waals surface area contributed by atoms with Crippen molar-refractivity contribution >= 4 is 22.4 Å². The molecule has 1 N–H and O–H groups in total. The summed E-state index contributed by atoms with van der Waals surface area (Å²) in [7, 11) is -3.44. The maximum Gasteiger partial charge on any atom is 0.243 e. The van der Waals surface area contributed by atoms with Gasteiger partial charge in [0, 0.05) is 32.2 Å². The summed E-state index contributed by atoms with van der Waals surface area (Å²) < 4.78 is 37.3. The number of hydrogen-bond donors (Lipinski definition) is 1. The van der Waals surface area contributed by atoms with Gasteiger partial charge < -0.3 is 14.8 Å². The fourth-order valence-electron chi connectivity index (χ4n) is 2.22. The van der Waals surface area contributed by atoms with Gasteiger partial charge in [-0.3, -0.25) is 0 Å². The Labute approximate surface area is 124 Å². The van der Waals surface area contributed by atoms with E-state index in [4.69, 9.17) is 9.47 Å². The molecule has 1 aromatic rings. The van der Waals surface area contributed by atoms with E-state index in [1.165, 1.54) is 4.31 Å². The lowest BCUT2D eigenvalue weighted by Crippen LogP contribution is -2.46. The molecule has 1 fully saturated rings. The zero-order valence-corrected chi connectivity index (χ0v) is 12.5. The van der Waals surface area contributed by atoms with Crippen molar-refractivity contribution in [3.8, 4) is 11.5 Å². The smallest absolute Gasteiger partial charge is 0.243 e. The van der Waals surface area contributed by atoms with Crippen molar-refractivity contribution in [2.24, 2.45) is 0 Å². The van der Waals surface area contributed by atoms with E-state index in [2.05, 4.69) is 5.32 Å². The van der Waals surface area contributed by atoms with Crippen LogP contribution in [0.2, 0.25) is 0 Å². The molecule has 0 aromatic heterocycles. The van der Waals surface area contributed by atoms with Crippen molar-refractivity contribution in [3.05, 3.63) is 18.2 Å². The van der Waals surface area contributed by atoms with E-state index in [0.29, 0.717) is 50.9 Å². The van der Waals surface area contributed by atoms with E-state index < -0.39 is 10.0 Å². The molecule has 0 bridgehead atoms. The monoisotopic (exact) mass is 320 g/mol. The van der Waals surface area contributed by atoms with Gasteiger partial charge in [0.2, 0.25) is 10.0 Å². The number of benzene rings is 1. The molecule has 0 saturated carbocycles. The number of nitrogens with one attached hydrogen (secondary N) is 1. The number of nitrogens with zero attached hydrogens (tertiary/aromatic N) is 1. The highest BCUT2D eigenvalue weighted by Gasteiger charge is 2.27. The zero-order chi connectivity index (χ0) is 13.3. The minimum Gasteiger partial charge on any atom is -0.486 e. The molecule has 1 saturated heterocycles. The van der Waals surface area contributed by atoms with Crippen LogP contribution in [0.3, 0.4) is 0 Å². The fraction of sp³-hybridized carbons (Fsp3) is 0.500. The lowest BCUT2D eigenvalue weighted by Gasteiger charge is -2.27. The lowest BCUT2D eigenvalue weighted by molar-refractivity contribution is 0.171. The Morgan fingerprint density at radius 3 is 2.40 bits per heavy atom. The third-order valence-corrected chi connectivity index (χ3v) is 5.12. The Morgan fingerprint density at radius 1 is 1.05 bits per heavy atom. The van der Waals surface area contributed by atoms with Gasteiger partial charge in [0.15, 0.2) is 11.5 Å². The number of halogens is 1. The molecular weight excluding hydrogens is 304 g/mol. The van der Waals surface area contributed by atoms with Crippen LogP contribution >= 0.6 is 12.4 Å². The largest absolute Gasteiger partial charge is 0.486 e. The predicted octanol–water partition coefficient (Wildman–Crippen LogP) is 0.473.